The lowest BCUT2D eigenvalue weighted by Gasteiger charge is -2.07. The van der Waals surface area contributed by atoms with Gasteiger partial charge in [0.15, 0.2) is 0 Å². The average molecular weight is 288 g/mol. The van der Waals surface area contributed by atoms with Gasteiger partial charge in [-0.05, 0) is 37.3 Å². The maximum absolute atomic E-state index is 12.1. The van der Waals surface area contributed by atoms with E-state index in [-0.39, 0.29) is 17.3 Å². The Bertz CT molecular complexity index is 513. The molecule has 3 heteroatoms. The smallest absolute Gasteiger partial charge is 0.310 e. The Morgan fingerprint density at radius 1 is 1.19 bits per heavy atom. The summed E-state index contributed by atoms with van der Waals surface area (Å²) in [6, 6.07) is 9.54. The molecule has 21 heavy (non-hydrogen) atoms. The summed E-state index contributed by atoms with van der Waals surface area (Å²) < 4.78 is 10.9. The molecule has 3 nitrogen and oxygen atoms in total. The van der Waals surface area contributed by atoms with Crippen LogP contribution in [0.15, 0.2) is 42.0 Å². The summed E-state index contributed by atoms with van der Waals surface area (Å²) in [4.78, 5) is 12.1. The largest absolute Gasteiger partial charge is 0.490 e. The summed E-state index contributed by atoms with van der Waals surface area (Å²) in [7, 11) is 0. The summed E-state index contributed by atoms with van der Waals surface area (Å²) in [6.45, 7) is 9.03. The third-order valence-electron chi connectivity index (χ3n) is 4.02. The number of esters is 1. The third kappa shape index (κ3) is 3.87. The van der Waals surface area contributed by atoms with Crippen LogP contribution in [0.5, 0.6) is 5.75 Å². The van der Waals surface area contributed by atoms with Gasteiger partial charge < -0.3 is 9.47 Å². The first kappa shape index (κ1) is 15.6. The lowest BCUT2D eigenvalue weighted by Crippen LogP contribution is -2.15. The van der Waals surface area contributed by atoms with Crippen molar-refractivity contribution >= 4 is 5.97 Å². The number of allylic oxidation sites excluding steroid dienone is 2. The molecule has 0 radical (unpaired) electrons. The minimum atomic E-state index is -0.112. The molecular formula is C18H24O3. The van der Waals surface area contributed by atoms with Crippen molar-refractivity contribution < 1.29 is 14.3 Å². The number of ether oxygens (including phenoxy) is 2. The van der Waals surface area contributed by atoms with Crippen LogP contribution < -0.4 is 4.74 Å². The number of rotatable bonds is 6. The molecular weight excluding hydrogens is 264 g/mol. The van der Waals surface area contributed by atoms with Crippen LogP contribution in [0.2, 0.25) is 0 Å². The first-order valence-corrected chi connectivity index (χ1v) is 7.42. The molecule has 1 saturated carbocycles. The van der Waals surface area contributed by atoms with Crippen LogP contribution in [0.1, 0.15) is 27.7 Å². The molecule has 2 atom stereocenters. The molecule has 1 aromatic carbocycles. The highest BCUT2D eigenvalue weighted by atomic mass is 16.6. The highest BCUT2D eigenvalue weighted by molar-refractivity contribution is 5.78. The van der Waals surface area contributed by atoms with Crippen molar-refractivity contribution in [2.24, 2.45) is 17.3 Å². The molecule has 0 unspecified atom stereocenters. The molecule has 114 valence electrons. The molecule has 0 aliphatic heterocycles. The SMILES string of the molecule is CC(C)=C[C@@H]1[C@@H](C(=O)OCCOc2ccccc2)C1(C)C. The molecule has 0 heterocycles. The fourth-order valence-electron chi connectivity index (χ4n) is 2.71. The van der Waals surface area contributed by atoms with Crippen LogP contribution in [-0.4, -0.2) is 19.2 Å². The van der Waals surface area contributed by atoms with Gasteiger partial charge >= 0.3 is 5.97 Å². The predicted octanol–water partition coefficient (Wildman–Crippen LogP) is 3.85. The van der Waals surface area contributed by atoms with Gasteiger partial charge in [0.2, 0.25) is 0 Å². The number of carbonyl (C=O) groups is 1. The van der Waals surface area contributed by atoms with Crippen LogP contribution >= 0.6 is 0 Å². The third-order valence-corrected chi connectivity index (χ3v) is 4.02. The topological polar surface area (TPSA) is 35.5 Å². The zero-order valence-electron chi connectivity index (χ0n) is 13.3. The fourth-order valence-corrected chi connectivity index (χ4v) is 2.71. The van der Waals surface area contributed by atoms with Crippen molar-refractivity contribution in [1.29, 1.82) is 0 Å². The van der Waals surface area contributed by atoms with E-state index in [4.69, 9.17) is 9.47 Å². The van der Waals surface area contributed by atoms with E-state index in [0.717, 1.165) is 5.75 Å². The van der Waals surface area contributed by atoms with Gasteiger partial charge in [0.25, 0.3) is 0 Å². The maximum Gasteiger partial charge on any atom is 0.310 e. The number of carbonyl (C=O) groups excluding carboxylic acids is 1. The standard InChI is InChI=1S/C18H24O3/c1-13(2)12-15-16(18(15,3)4)17(19)21-11-10-20-14-8-6-5-7-9-14/h5-9,12,15-16H,10-11H2,1-4H3/t15-,16+/m1/s1. The molecule has 0 amide bonds. The van der Waals surface area contributed by atoms with Gasteiger partial charge in [0.1, 0.15) is 19.0 Å². The van der Waals surface area contributed by atoms with E-state index >= 15 is 0 Å². The lowest BCUT2D eigenvalue weighted by atomic mass is 10.1. The van der Waals surface area contributed by atoms with E-state index in [2.05, 4.69) is 33.8 Å². The van der Waals surface area contributed by atoms with Crippen molar-refractivity contribution in [3.8, 4) is 5.75 Å². The van der Waals surface area contributed by atoms with E-state index in [1.165, 1.54) is 5.57 Å². The normalized spacial score (nSPS) is 22.3. The molecule has 0 aromatic heterocycles. The van der Waals surface area contributed by atoms with Crippen molar-refractivity contribution in [2.75, 3.05) is 13.2 Å². The second-order valence-electron chi connectivity index (χ2n) is 6.40. The van der Waals surface area contributed by atoms with Gasteiger partial charge in [0.05, 0.1) is 5.92 Å². The van der Waals surface area contributed by atoms with Crippen LogP contribution in [0.25, 0.3) is 0 Å². The summed E-state index contributed by atoms with van der Waals surface area (Å²) in [5.41, 5.74) is 1.25. The Kier molecular flexibility index (Phi) is 4.71. The number of hydrogen-bond acceptors (Lipinski definition) is 3. The van der Waals surface area contributed by atoms with Crippen molar-refractivity contribution in [3.05, 3.63) is 42.0 Å². The van der Waals surface area contributed by atoms with Gasteiger partial charge in [-0.2, -0.15) is 0 Å². The molecule has 1 fully saturated rings. The second kappa shape index (κ2) is 6.33. The average Bonchev–Trinajstić information content (AvgIpc) is 2.96. The highest BCUT2D eigenvalue weighted by Crippen LogP contribution is 2.59. The van der Waals surface area contributed by atoms with Crippen LogP contribution in [-0.2, 0) is 9.53 Å². The zero-order chi connectivity index (χ0) is 15.5. The quantitative estimate of drug-likeness (QED) is 0.453. The molecule has 1 aliphatic carbocycles. The second-order valence-corrected chi connectivity index (χ2v) is 6.40. The lowest BCUT2D eigenvalue weighted by molar-refractivity contribution is -0.146. The number of para-hydroxylation sites is 1. The summed E-state index contributed by atoms with van der Waals surface area (Å²) >= 11 is 0. The molecule has 0 bridgehead atoms. The van der Waals surface area contributed by atoms with Gasteiger partial charge in [-0.15, -0.1) is 0 Å². The minimum absolute atomic E-state index is 0.00857. The molecule has 0 N–H and O–H groups in total. The monoisotopic (exact) mass is 288 g/mol. The van der Waals surface area contributed by atoms with E-state index < -0.39 is 0 Å². The van der Waals surface area contributed by atoms with Gasteiger partial charge in [-0.1, -0.05) is 43.7 Å². The van der Waals surface area contributed by atoms with E-state index in [0.29, 0.717) is 19.1 Å². The molecule has 0 saturated heterocycles. The Morgan fingerprint density at radius 2 is 1.86 bits per heavy atom. The Morgan fingerprint density at radius 3 is 2.48 bits per heavy atom. The molecule has 1 aliphatic rings. The number of hydrogen-bond donors (Lipinski definition) is 0. The fraction of sp³-hybridized carbons (Fsp3) is 0.500. The molecule has 0 spiro atoms. The predicted molar refractivity (Wildman–Crippen MR) is 83.1 cm³/mol. The van der Waals surface area contributed by atoms with Gasteiger partial charge in [0, 0.05) is 0 Å². The maximum atomic E-state index is 12.1. The molecule has 2 rings (SSSR count). The highest BCUT2D eigenvalue weighted by Gasteiger charge is 2.61. The summed E-state index contributed by atoms with van der Waals surface area (Å²) in [5, 5.41) is 0. The van der Waals surface area contributed by atoms with E-state index in [1.54, 1.807) is 0 Å². The van der Waals surface area contributed by atoms with Crippen LogP contribution in [0.4, 0.5) is 0 Å². The van der Waals surface area contributed by atoms with Crippen molar-refractivity contribution in [2.45, 2.75) is 27.7 Å². The van der Waals surface area contributed by atoms with E-state index in [9.17, 15) is 4.79 Å². The minimum Gasteiger partial charge on any atom is -0.490 e. The van der Waals surface area contributed by atoms with Gasteiger partial charge in [-0.25, -0.2) is 0 Å². The summed E-state index contributed by atoms with van der Waals surface area (Å²) in [5.74, 6) is 0.955. The first-order valence-electron chi connectivity index (χ1n) is 7.42. The van der Waals surface area contributed by atoms with Crippen LogP contribution in [0.3, 0.4) is 0 Å². The van der Waals surface area contributed by atoms with Crippen molar-refractivity contribution in [1.82, 2.24) is 0 Å². The Hall–Kier alpha value is -1.77. The number of benzene rings is 1. The van der Waals surface area contributed by atoms with Gasteiger partial charge in [-0.3, -0.25) is 4.79 Å². The Labute approximate surface area is 127 Å². The molecule has 1 aromatic rings. The zero-order valence-corrected chi connectivity index (χ0v) is 13.3. The first-order chi connectivity index (χ1) is 9.93. The van der Waals surface area contributed by atoms with Crippen molar-refractivity contribution in [3.63, 3.8) is 0 Å². The Balaban J connectivity index is 1.74. The summed E-state index contributed by atoms with van der Waals surface area (Å²) in [6.07, 6.45) is 2.17. The van der Waals surface area contributed by atoms with Crippen LogP contribution in [0, 0.1) is 17.3 Å². The van der Waals surface area contributed by atoms with E-state index in [1.807, 2.05) is 30.3 Å².